The lowest BCUT2D eigenvalue weighted by Crippen LogP contribution is -2.52. The van der Waals surface area contributed by atoms with Gasteiger partial charge in [0, 0.05) is 71.5 Å². The zero-order valence-corrected chi connectivity index (χ0v) is 17.8. The Morgan fingerprint density at radius 3 is 2.52 bits per heavy atom. The summed E-state index contributed by atoms with van der Waals surface area (Å²) < 4.78 is 2.01. The second-order valence-electron chi connectivity index (χ2n) is 8.93. The molecule has 7 heteroatoms. The molecular formula is C22H33N7. The van der Waals surface area contributed by atoms with Crippen LogP contribution in [0.3, 0.4) is 0 Å². The number of hydrogen-bond acceptors (Lipinski definition) is 6. The van der Waals surface area contributed by atoms with Crippen LogP contribution in [0.15, 0.2) is 12.3 Å². The van der Waals surface area contributed by atoms with E-state index in [0.717, 1.165) is 76.3 Å². The first-order chi connectivity index (χ1) is 14.2. The van der Waals surface area contributed by atoms with Crippen LogP contribution in [0, 0.1) is 6.92 Å². The van der Waals surface area contributed by atoms with Crippen molar-refractivity contribution in [3.05, 3.63) is 34.9 Å². The third-order valence-electron chi connectivity index (χ3n) is 6.98. The lowest BCUT2D eigenvalue weighted by molar-refractivity contribution is 0.120. The lowest BCUT2D eigenvalue weighted by Gasteiger charge is -2.43. The summed E-state index contributed by atoms with van der Waals surface area (Å²) in [7, 11) is 2.04. The summed E-state index contributed by atoms with van der Waals surface area (Å²) in [6.45, 7) is 9.54. The molecule has 2 fully saturated rings. The highest BCUT2D eigenvalue weighted by Gasteiger charge is 2.29. The number of fused-ring (bicyclic) bond motifs is 1. The first kappa shape index (κ1) is 19.0. The minimum Gasteiger partial charge on any atom is -0.338 e. The molecule has 1 aliphatic carbocycles. The van der Waals surface area contributed by atoms with E-state index in [4.69, 9.17) is 9.97 Å². The summed E-state index contributed by atoms with van der Waals surface area (Å²) in [4.78, 5) is 17.3. The van der Waals surface area contributed by atoms with Crippen LogP contribution < -0.4 is 4.90 Å². The van der Waals surface area contributed by atoms with Gasteiger partial charge in [0.1, 0.15) is 0 Å². The number of nitrogens with zero attached hydrogens (tertiary/aromatic N) is 7. The highest BCUT2D eigenvalue weighted by atomic mass is 15.3. The number of hydrogen-bond donors (Lipinski definition) is 0. The van der Waals surface area contributed by atoms with Crippen molar-refractivity contribution >= 4 is 5.95 Å². The van der Waals surface area contributed by atoms with Crippen molar-refractivity contribution in [1.29, 1.82) is 0 Å². The molecule has 0 radical (unpaired) electrons. The molecule has 0 amide bonds. The normalized spacial score (nSPS) is 21.7. The van der Waals surface area contributed by atoms with Gasteiger partial charge in [-0.05, 0) is 37.8 Å². The average Bonchev–Trinajstić information content (AvgIpc) is 2.87. The molecule has 2 aromatic heterocycles. The maximum absolute atomic E-state index is 5.02. The smallest absolute Gasteiger partial charge is 0.225 e. The second-order valence-corrected chi connectivity index (χ2v) is 8.93. The van der Waals surface area contributed by atoms with Crippen LogP contribution in [0.5, 0.6) is 0 Å². The van der Waals surface area contributed by atoms with Crippen molar-refractivity contribution in [2.24, 2.45) is 7.05 Å². The van der Waals surface area contributed by atoms with E-state index >= 15 is 0 Å². The Bertz CT molecular complexity index is 849. The fourth-order valence-electron chi connectivity index (χ4n) is 4.90. The molecule has 156 valence electrons. The molecule has 5 rings (SSSR count). The third-order valence-corrected chi connectivity index (χ3v) is 6.98. The number of piperazine rings is 1. The van der Waals surface area contributed by atoms with Gasteiger partial charge in [-0.3, -0.25) is 14.5 Å². The summed E-state index contributed by atoms with van der Waals surface area (Å²) in [6, 6.07) is 3.04. The Balaban J connectivity index is 1.21. The summed E-state index contributed by atoms with van der Waals surface area (Å²) >= 11 is 0. The first-order valence-corrected chi connectivity index (χ1v) is 11.2. The van der Waals surface area contributed by atoms with Crippen LogP contribution in [0.25, 0.3) is 0 Å². The predicted octanol–water partition coefficient (Wildman–Crippen LogP) is 1.79. The van der Waals surface area contributed by atoms with Crippen LogP contribution in [0.1, 0.15) is 41.9 Å². The van der Waals surface area contributed by atoms with Gasteiger partial charge in [-0.15, -0.1) is 0 Å². The van der Waals surface area contributed by atoms with Gasteiger partial charge < -0.3 is 4.90 Å². The van der Waals surface area contributed by atoms with E-state index in [-0.39, 0.29) is 0 Å². The molecule has 0 spiro atoms. The van der Waals surface area contributed by atoms with E-state index in [2.05, 4.69) is 39.0 Å². The monoisotopic (exact) mass is 395 g/mol. The largest absolute Gasteiger partial charge is 0.338 e. The van der Waals surface area contributed by atoms with E-state index in [9.17, 15) is 0 Å². The maximum atomic E-state index is 5.02. The van der Waals surface area contributed by atoms with Crippen molar-refractivity contribution in [1.82, 2.24) is 29.5 Å². The fourth-order valence-corrected chi connectivity index (χ4v) is 4.90. The van der Waals surface area contributed by atoms with Gasteiger partial charge in [0.05, 0.1) is 17.1 Å². The van der Waals surface area contributed by atoms with E-state index < -0.39 is 0 Å². The molecule has 3 aliphatic rings. The number of anilines is 1. The topological polar surface area (TPSA) is 53.3 Å². The minimum atomic E-state index is 0.847. The van der Waals surface area contributed by atoms with E-state index in [1.54, 1.807) is 0 Å². The highest BCUT2D eigenvalue weighted by Crippen LogP contribution is 2.26. The summed E-state index contributed by atoms with van der Waals surface area (Å²) in [5, 5.41) is 4.49. The minimum absolute atomic E-state index is 0.847. The van der Waals surface area contributed by atoms with E-state index in [1.165, 1.54) is 36.2 Å². The zero-order valence-electron chi connectivity index (χ0n) is 17.8. The molecule has 0 N–H and O–H groups in total. The molecule has 2 aromatic rings. The fraction of sp³-hybridized carbons (Fsp3) is 0.682. The van der Waals surface area contributed by atoms with Crippen LogP contribution >= 0.6 is 0 Å². The van der Waals surface area contributed by atoms with Gasteiger partial charge in [0.2, 0.25) is 5.95 Å². The zero-order chi connectivity index (χ0) is 19.8. The number of aryl methyl sites for hydroxylation is 2. The Morgan fingerprint density at radius 1 is 1.03 bits per heavy atom. The molecule has 4 heterocycles. The van der Waals surface area contributed by atoms with E-state index in [0.29, 0.717) is 0 Å². The Hall–Kier alpha value is -1.99. The Labute approximate surface area is 173 Å². The van der Waals surface area contributed by atoms with Crippen LogP contribution in [0.4, 0.5) is 5.95 Å². The van der Waals surface area contributed by atoms with Crippen molar-refractivity contribution in [3.63, 3.8) is 0 Å². The standard InChI is InChI=1S/C22H33N7/c1-17-14-20(26(2)25-17)16-27-8-6-18-15-23-22(24-21(18)7-9-27)29-12-10-28(11-13-29)19-4-3-5-19/h14-15,19H,3-13,16H2,1-2H3. The number of rotatable bonds is 4. The number of aromatic nitrogens is 4. The van der Waals surface area contributed by atoms with Crippen molar-refractivity contribution in [2.45, 2.75) is 51.6 Å². The van der Waals surface area contributed by atoms with Gasteiger partial charge >= 0.3 is 0 Å². The van der Waals surface area contributed by atoms with E-state index in [1.807, 2.05) is 11.7 Å². The predicted molar refractivity (Wildman–Crippen MR) is 114 cm³/mol. The van der Waals surface area contributed by atoms with Crippen LogP contribution in [-0.4, -0.2) is 74.9 Å². The molecule has 2 aliphatic heterocycles. The quantitative estimate of drug-likeness (QED) is 0.787. The molecule has 0 bridgehead atoms. The molecule has 1 saturated heterocycles. The van der Waals surface area contributed by atoms with Crippen molar-refractivity contribution in [3.8, 4) is 0 Å². The Kier molecular flexibility index (Phi) is 5.26. The second kappa shape index (κ2) is 8.03. The molecule has 1 saturated carbocycles. The molecule has 29 heavy (non-hydrogen) atoms. The van der Waals surface area contributed by atoms with Gasteiger partial charge in [-0.25, -0.2) is 9.97 Å². The highest BCUT2D eigenvalue weighted by molar-refractivity contribution is 5.35. The van der Waals surface area contributed by atoms with Crippen molar-refractivity contribution < 1.29 is 0 Å². The Morgan fingerprint density at radius 2 is 1.83 bits per heavy atom. The SMILES string of the molecule is Cc1cc(CN2CCc3cnc(N4CCN(C5CCC5)CC4)nc3CC2)n(C)n1. The molecule has 7 nitrogen and oxygen atoms in total. The first-order valence-electron chi connectivity index (χ1n) is 11.2. The third kappa shape index (κ3) is 4.03. The average molecular weight is 396 g/mol. The van der Waals surface area contributed by atoms with Gasteiger partial charge in [-0.2, -0.15) is 5.10 Å². The van der Waals surface area contributed by atoms with Gasteiger partial charge in [0.25, 0.3) is 0 Å². The molecule has 0 aromatic carbocycles. The molecular weight excluding hydrogens is 362 g/mol. The molecule has 0 unspecified atom stereocenters. The summed E-state index contributed by atoms with van der Waals surface area (Å²) in [6.07, 6.45) is 8.32. The van der Waals surface area contributed by atoms with Crippen LogP contribution in [-0.2, 0) is 26.4 Å². The van der Waals surface area contributed by atoms with Gasteiger partial charge in [-0.1, -0.05) is 6.42 Å². The molecule has 0 atom stereocenters. The summed E-state index contributed by atoms with van der Waals surface area (Å²) in [5.74, 6) is 0.938. The lowest BCUT2D eigenvalue weighted by atomic mass is 9.91. The maximum Gasteiger partial charge on any atom is 0.225 e. The van der Waals surface area contributed by atoms with Crippen LogP contribution in [0.2, 0.25) is 0 Å². The van der Waals surface area contributed by atoms with Crippen molar-refractivity contribution in [2.75, 3.05) is 44.2 Å². The summed E-state index contributed by atoms with van der Waals surface area (Å²) in [5.41, 5.74) is 4.95. The van der Waals surface area contributed by atoms with Gasteiger partial charge in [0.15, 0.2) is 0 Å².